The van der Waals surface area contributed by atoms with Crippen molar-refractivity contribution >= 4 is 5.97 Å². The fourth-order valence-electron chi connectivity index (χ4n) is 2.49. The number of carboxylic acids is 1. The number of nitrogens with one attached hydrogen (secondary N) is 1. The van der Waals surface area contributed by atoms with Crippen molar-refractivity contribution in [1.82, 2.24) is 10.2 Å². The van der Waals surface area contributed by atoms with Crippen molar-refractivity contribution in [2.75, 3.05) is 26.7 Å². The molecular formula is C17H28N2O2. The standard InChI is InChI=1S/C17H28N2O2/c1-4-6-13-19(3)14-17(16(20)21,18-12-5-2)15-10-8-7-9-11-15/h7-11,18H,4-6,12-14H2,1-3H3,(H,20,21). The van der Waals surface area contributed by atoms with Gasteiger partial charge < -0.3 is 10.0 Å². The largest absolute Gasteiger partial charge is 0.480 e. The molecule has 0 aliphatic carbocycles. The Morgan fingerprint density at radius 3 is 2.43 bits per heavy atom. The smallest absolute Gasteiger partial charge is 0.329 e. The van der Waals surface area contributed by atoms with E-state index in [0.29, 0.717) is 13.1 Å². The molecule has 4 heteroatoms. The number of hydrogen-bond acceptors (Lipinski definition) is 3. The van der Waals surface area contributed by atoms with Crippen molar-refractivity contribution in [1.29, 1.82) is 0 Å². The van der Waals surface area contributed by atoms with Crippen LogP contribution in [0.3, 0.4) is 0 Å². The first-order chi connectivity index (χ1) is 10.1. The molecule has 0 aliphatic heterocycles. The quantitative estimate of drug-likeness (QED) is 0.696. The van der Waals surface area contributed by atoms with E-state index < -0.39 is 11.5 Å². The number of carbonyl (C=O) groups is 1. The lowest BCUT2D eigenvalue weighted by molar-refractivity contribution is -0.146. The van der Waals surface area contributed by atoms with Crippen LogP contribution in [0.2, 0.25) is 0 Å². The first-order valence-electron chi connectivity index (χ1n) is 7.79. The van der Waals surface area contributed by atoms with Gasteiger partial charge in [-0.1, -0.05) is 50.6 Å². The zero-order valence-electron chi connectivity index (χ0n) is 13.4. The SMILES string of the molecule is CCCCN(C)CC(NCCC)(C(=O)O)c1ccccc1. The summed E-state index contributed by atoms with van der Waals surface area (Å²) in [6, 6.07) is 9.49. The maximum Gasteiger partial charge on any atom is 0.329 e. The minimum Gasteiger partial charge on any atom is -0.480 e. The molecule has 0 bridgehead atoms. The Bertz CT molecular complexity index is 422. The van der Waals surface area contributed by atoms with Crippen LogP contribution < -0.4 is 5.32 Å². The third kappa shape index (κ3) is 4.83. The third-order valence-electron chi connectivity index (χ3n) is 3.71. The van der Waals surface area contributed by atoms with E-state index in [4.69, 9.17) is 0 Å². The van der Waals surface area contributed by atoms with Crippen LogP contribution in [0.25, 0.3) is 0 Å². The Hall–Kier alpha value is -1.39. The van der Waals surface area contributed by atoms with Gasteiger partial charge in [-0.05, 0) is 38.5 Å². The van der Waals surface area contributed by atoms with Crippen molar-refractivity contribution in [3.05, 3.63) is 35.9 Å². The average Bonchev–Trinajstić information content (AvgIpc) is 2.50. The summed E-state index contributed by atoms with van der Waals surface area (Å²) in [5, 5.41) is 13.2. The van der Waals surface area contributed by atoms with Crippen LogP contribution in [-0.4, -0.2) is 42.7 Å². The highest BCUT2D eigenvalue weighted by Gasteiger charge is 2.40. The van der Waals surface area contributed by atoms with Crippen LogP contribution in [0.1, 0.15) is 38.7 Å². The average molecular weight is 292 g/mol. The topological polar surface area (TPSA) is 52.6 Å². The van der Waals surface area contributed by atoms with Gasteiger partial charge in [0.05, 0.1) is 0 Å². The van der Waals surface area contributed by atoms with Gasteiger partial charge in [-0.2, -0.15) is 0 Å². The van der Waals surface area contributed by atoms with Crippen LogP contribution >= 0.6 is 0 Å². The number of benzene rings is 1. The van der Waals surface area contributed by atoms with Gasteiger partial charge in [0.2, 0.25) is 0 Å². The number of carboxylic acid groups (broad SMARTS) is 1. The molecule has 0 aromatic heterocycles. The Kier molecular flexibility index (Phi) is 7.40. The summed E-state index contributed by atoms with van der Waals surface area (Å²) < 4.78 is 0. The molecule has 1 rings (SSSR count). The van der Waals surface area contributed by atoms with E-state index in [0.717, 1.165) is 31.4 Å². The van der Waals surface area contributed by atoms with Gasteiger partial charge in [0.25, 0.3) is 0 Å². The van der Waals surface area contributed by atoms with Crippen molar-refractivity contribution in [3.8, 4) is 0 Å². The van der Waals surface area contributed by atoms with E-state index in [-0.39, 0.29) is 0 Å². The van der Waals surface area contributed by atoms with Gasteiger partial charge in [0.15, 0.2) is 5.54 Å². The number of rotatable bonds is 10. The lowest BCUT2D eigenvalue weighted by atomic mass is 9.89. The van der Waals surface area contributed by atoms with Crippen molar-refractivity contribution < 1.29 is 9.90 Å². The summed E-state index contributed by atoms with van der Waals surface area (Å²) in [6.07, 6.45) is 3.09. The summed E-state index contributed by atoms with van der Waals surface area (Å²) in [7, 11) is 1.99. The molecule has 1 atom stereocenters. The molecular weight excluding hydrogens is 264 g/mol. The molecule has 4 nitrogen and oxygen atoms in total. The van der Waals surface area contributed by atoms with Crippen LogP contribution in [0.15, 0.2) is 30.3 Å². The highest BCUT2D eigenvalue weighted by Crippen LogP contribution is 2.23. The van der Waals surface area contributed by atoms with Gasteiger partial charge in [-0.25, -0.2) is 4.79 Å². The van der Waals surface area contributed by atoms with E-state index in [9.17, 15) is 9.90 Å². The van der Waals surface area contributed by atoms with E-state index in [2.05, 4.69) is 17.1 Å². The molecule has 0 saturated carbocycles. The third-order valence-corrected chi connectivity index (χ3v) is 3.71. The van der Waals surface area contributed by atoms with Gasteiger partial charge in [-0.15, -0.1) is 0 Å². The van der Waals surface area contributed by atoms with Crippen LogP contribution in [-0.2, 0) is 10.3 Å². The molecule has 21 heavy (non-hydrogen) atoms. The second-order valence-electron chi connectivity index (χ2n) is 5.59. The van der Waals surface area contributed by atoms with Gasteiger partial charge >= 0.3 is 5.97 Å². The predicted molar refractivity (Wildman–Crippen MR) is 86.5 cm³/mol. The first kappa shape index (κ1) is 17.7. The Morgan fingerprint density at radius 1 is 1.24 bits per heavy atom. The maximum atomic E-state index is 12.0. The minimum absolute atomic E-state index is 0.465. The summed E-state index contributed by atoms with van der Waals surface area (Å²) in [5.41, 5.74) is -0.228. The fraction of sp³-hybridized carbons (Fsp3) is 0.588. The molecule has 1 unspecified atom stereocenters. The second kappa shape index (κ2) is 8.80. The van der Waals surface area contributed by atoms with Crippen molar-refractivity contribution in [2.24, 2.45) is 0 Å². The van der Waals surface area contributed by atoms with Gasteiger partial charge in [-0.3, -0.25) is 5.32 Å². The molecule has 0 fully saturated rings. The fourth-order valence-corrected chi connectivity index (χ4v) is 2.49. The van der Waals surface area contributed by atoms with Crippen LogP contribution in [0, 0.1) is 0 Å². The summed E-state index contributed by atoms with van der Waals surface area (Å²) in [4.78, 5) is 14.2. The number of likely N-dealkylation sites (N-methyl/N-ethyl adjacent to an activating group) is 1. The van der Waals surface area contributed by atoms with Gasteiger partial charge in [0.1, 0.15) is 0 Å². The molecule has 0 radical (unpaired) electrons. The predicted octanol–water partition coefficient (Wildman–Crippen LogP) is 2.70. The molecule has 0 aliphatic rings. The molecule has 0 saturated heterocycles. The maximum absolute atomic E-state index is 12.0. The molecule has 2 N–H and O–H groups in total. The number of hydrogen-bond donors (Lipinski definition) is 2. The van der Waals surface area contributed by atoms with E-state index in [1.165, 1.54) is 0 Å². The lowest BCUT2D eigenvalue weighted by Crippen LogP contribution is -2.56. The second-order valence-corrected chi connectivity index (χ2v) is 5.59. The number of aliphatic carboxylic acids is 1. The number of nitrogens with zero attached hydrogens (tertiary/aromatic N) is 1. The van der Waals surface area contributed by atoms with E-state index in [1.54, 1.807) is 0 Å². The Balaban J connectivity index is 3.04. The molecule has 1 aromatic carbocycles. The molecule has 0 amide bonds. The van der Waals surface area contributed by atoms with Crippen molar-refractivity contribution in [3.63, 3.8) is 0 Å². The monoisotopic (exact) mass is 292 g/mol. The summed E-state index contributed by atoms with van der Waals surface area (Å²) in [6.45, 7) is 6.25. The molecule has 0 heterocycles. The van der Waals surface area contributed by atoms with Crippen molar-refractivity contribution in [2.45, 2.75) is 38.6 Å². The first-order valence-corrected chi connectivity index (χ1v) is 7.79. The Labute approximate surface area is 128 Å². The van der Waals surface area contributed by atoms with Crippen LogP contribution in [0.5, 0.6) is 0 Å². The Morgan fingerprint density at radius 2 is 1.90 bits per heavy atom. The highest BCUT2D eigenvalue weighted by atomic mass is 16.4. The minimum atomic E-state index is -1.04. The number of unbranched alkanes of at least 4 members (excludes halogenated alkanes) is 1. The summed E-state index contributed by atoms with van der Waals surface area (Å²) in [5.74, 6) is -0.814. The van der Waals surface area contributed by atoms with E-state index in [1.807, 2.05) is 44.3 Å². The summed E-state index contributed by atoms with van der Waals surface area (Å²) >= 11 is 0. The van der Waals surface area contributed by atoms with Gasteiger partial charge in [0, 0.05) is 6.54 Å². The zero-order chi connectivity index (χ0) is 15.7. The van der Waals surface area contributed by atoms with E-state index >= 15 is 0 Å². The molecule has 1 aromatic rings. The lowest BCUT2D eigenvalue weighted by Gasteiger charge is -2.35. The zero-order valence-corrected chi connectivity index (χ0v) is 13.4. The molecule has 0 spiro atoms. The normalized spacial score (nSPS) is 14.1. The van der Waals surface area contributed by atoms with Crippen LogP contribution in [0.4, 0.5) is 0 Å². The highest BCUT2D eigenvalue weighted by molar-refractivity contribution is 5.81. The molecule has 118 valence electrons.